The highest BCUT2D eigenvalue weighted by Crippen LogP contribution is 2.25. The summed E-state index contributed by atoms with van der Waals surface area (Å²) in [6.07, 6.45) is 0. The first-order valence-corrected chi connectivity index (χ1v) is 13.0. The summed E-state index contributed by atoms with van der Waals surface area (Å²) in [5, 5.41) is 5.33. The van der Waals surface area contributed by atoms with Crippen molar-refractivity contribution in [1.29, 1.82) is 0 Å². The molecule has 0 atom stereocenters. The Labute approximate surface area is 190 Å². The van der Waals surface area contributed by atoms with Crippen LogP contribution in [-0.2, 0) is 15.8 Å². The zero-order valence-corrected chi connectivity index (χ0v) is 19.5. The Morgan fingerprint density at radius 2 is 1.90 bits per heavy atom. The molecule has 3 aromatic rings. The second kappa shape index (κ2) is 10.3. The number of hydrogen-bond donors (Lipinski definition) is 1. The molecular formula is C21H21ClN2O3S3. The smallest absolute Gasteiger partial charge is 0.273 e. The lowest BCUT2D eigenvalue weighted by molar-refractivity contribution is 0.0956. The molecule has 1 N–H and O–H groups in total. The minimum absolute atomic E-state index is 0.186. The van der Waals surface area contributed by atoms with Gasteiger partial charge in [0, 0.05) is 35.7 Å². The fourth-order valence-corrected chi connectivity index (χ4v) is 6.04. The molecule has 0 aliphatic heterocycles. The number of thiophene rings is 1. The second-order valence-corrected chi connectivity index (χ2v) is 11.1. The lowest BCUT2D eigenvalue weighted by atomic mass is 10.2. The van der Waals surface area contributed by atoms with Gasteiger partial charge in [-0.25, -0.2) is 8.42 Å². The van der Waals surface area contributed by atoms with Gasteiger partial charge in [0.25, 0.3) is 15.9 Å². The van der Waals surface area contributed by atoms with E-state index in [0.29, 0.717) is 17.8 Å². The molecule has 0 bridgehead atoms. The zero-order valence-electron chi connectivity index (χ0n) is 16.2. The van der Waals surface area contributed by atoms with Gasteiger partial charge >= 0.3 is 0 Å². The highest BCUT2D eigenvalue weighted by atomic mass is 35.5. The molecule has 0 saturated carbocycles. The Bertz CT molecular complexity index is 1080. The summed E-state index contributed by atoms with van der Waals surface area (Å²) in [4.78, 5) is 12.3. The highest BCUT2D eigenvalue weighted by Gasteiger charge is 2.22. The van der Waals surface area contributed by atoms with Crippen LogP contribution in [0.1, 0.15) is 15.9 Å². The van der Waals surface area contributed by atoms with Crippen molar-refractivity contribution in [2.24, 2.45) is 0 Å². The van der Waals surface area contributed by atoms with E-state index in [1.807, 2.05) is 24.3 Å². The predicted molar refractivity (Wildman–Crippen MR) is 126 cm³/mol. The zero-order chi connectivity index (χ0) is 21.6. The number of nitrogens with one attached hydrogen (secondary N) is 1. The van der Waals surface area contributed by atoms with Gasteiger partial charge in [-0.3, -0.25) is 9.10 Å². The topological polar surface area (TPSA) is 66.5 Å². The van der Waals surface area contributed by atoms with Crippen LogP contribution < -0.4 is 9.62 Å². The number of amides is 1. The van der Waals surface area contributed by atoms with Crippen LogP contribution in [0.25, 0.3) is 0 Å². The Morgan fingerprint density at radius 1 is 1.13 bits per heavy atom. The maximum absolute atomic E-state index is 12.6. The number of thioether (sulfide) groups is 1. The first-order valence-electron chi connectivity index (χ1n) is 9.11. The van der Waals surface area contributed by atoms with Gasteiger partial charge in [-0.1, -0.05) is 29.8 Å². The molecule has 3 rings (SSSR count). The van der Waals surface area contributed by atoms with Gasteiger partial charge in [0.15, 0.2) is 0 Å². The number of benzene rings is 2. The van der Waals surface area contributed by atoms with E-state index >= 15 is 0 Å². The molecule has 5 nitrogen and oxygen atoms in total. The summed E-state index contributed by atoms with van der Waals surface area (Å²) in [7, 11) is -2.09. The van der Waals surface area contributed by atoms with Gasteiger partial charge in [-0.05, 0) is 53.4 Å². The van der Waals surface area contributed by atoms with Crippen LogP contribution in [0, 0.1) is 0 Å². The first-order chi connectivity index (χ1) is 14.4. The molecule has 0 aliphatic rings. The summed E-state index contributed by atoms with van der Waals surface area (Å²) in [5.41, 5.74) is 2.13. The first kappa shape index (κ1) is 22.7. The molecule has 0 aliphatic carbocycles. The lowest BCUT2D eigenvalue weighted by Gasteiger charge is -2.18. The normalized spacial score (nSPS) is 11.3. The summed E-state index contributed by atoms with van der Waals surface area (Å²) in [6.45, 7) is 0.540. The van der Waals surface area contributed by atoms with Crippen LogP contribution in [-0.4, -0.2) is 33.7 Å². The Hall–Kier alpha value is -2.00. The molecule has 9 heteroatoms. The molecule has 2 aromatic carbocycles. The molecule has 0 saturated heterocycles. The van der Waals surface area contributed by atoms with Crippen LogP contribution in [0.3, 0.4) is 0 Å². The standard InChI is InChI=1S/C21H21ClN2O3S3/c1-24(30(26,27)20-6-3-12-29-20)19-9-7-17(8-10-19)21(25)23-11-13-28-15-16-4-2-5-18(22)14-16/h2-10,12,14H,11,13,15H2,1H3,(H,23,25). The molecule has 30 heavy (non-hydrogen) atoms. The van der Waals surface area contributed by atoms with E-state index in [1.54, 1.807) is 53.5 Å². The summed E-state index contributed by atoms with van der Waals surface area (Å²) >= 11 is 8.86. The van der Waals surface area contributed by atoms with E-state index in [4.69, 9.17) is 11.6 Å². The van der Waals surface area contributed by atoms with Crippen molar-refractivity contribution in [3.63, 3.8) is 0 Å². The van der Waals surface area contributed by atoms with E-state index in [1.165, 1.54) is 22.7 Å². The van der Waals surface area contributed by atoms with E-state index < -0.39 is 10.0 Å². The van der Waals surface area contributed by atoms with Crippen molar-refractivity contribution < 1.29 is 13.2 Å². The molecule has 1 heterocycles. The third kappa shape index (κ3) is 5.78. The van der Waals surface area contributed by atoms with Gasteiger partial charge in [-0.15, -0.1) is 11.3 Å². The number of carbonyl (C=O) groups is 1. The SMILES string of the molecule is CN(c1ccc(C(=O)NCCSCc2cccc(Cl)c2)cc1)S(=O)(=O)c1cccs1. The fourth-order valence-electron chi connectivity index (χ4n) is 2.66. The highest BCUT2D eigenvalue weighted by molar-refractivity contribution is 7.98. The molecular weight excluding hydrogens is 460 g/mol. The van der Waals surface area contributed by atoms with Gasteiger partial charge < -0.3 is 5.32 Å². The van der Waals surface area contributed by atoms with E-state index in [0.717, 1.165) is 22.1 Å². The summed E-state index contributed by atoms with van der Waals surface area (Å²) in [6, 6.07) is 17.5. The molecule has 0 unspecified atom stereocenters. The monoisotopic (exact) mass is 480 g/mol. The number of sulfonamides is 1. The van der Waals surface area contributed by atoms with Crippen LogP contribution in [0.4, 0.5) is 5.69 Å². The molecule has 0 spiro atoms. The van der Waals surface area contributed by atoms with Gasteiger partial charge in [-0.2, -0.15) is 11.8 Å². The summed E-state index contributed by atoms with van der Waals surface area (Å²) in [5.74, 6) is 1.42. The van der Waals surface area contributed by atoms with Crippen LogP contribution >= 0.6 is 34.7 Å². The minimum atomic E-state index is -3.59. The van der Waals surface area contributed by atoms with Crippen molar-refractivity contribution in [3.8, 4) is 0 Å². The summed E-state index contributed by atoms with van der Waals surface area (Å²) < 4.78 is 26.7. The molecule has 0 fully saturated rings. The Balaban J connectivity index is 1.49. The lowest BCUT2D eigenvalue weighted by Crippen LogP contribution is -2.27. The number of carbonyl (C=O) groups excluding carboxylic acids is 1. The number of rotatable bonds is 9. The third-order valence-corrected chi connectivity index (χ3v) is 8.72. The second-order valence-electron chi connectivity index (χ2n) is 6.39. The van der Waals surface area contributed by atoms with Crippen molar-refractivity contribution in [3.05, 3.63) is 82.2 Å². The van der Waals surface area contributed by atoms with E-state index in [2.05, 4.69) is 5.32 Å². The Morgan fingerprint density at radius 3 is 2.57 bits per heavy atom. The molecule has 0 radical (unpaired) electrons. The van der Waals surface area contributed by atoms with Gasteiger partial charge in [0.1, 0.15) is 4.21 Å². The van der Waals surface area contributed by atoms with Crippen molar-refractivity contribution >= 4 is 56.3 Å². The number of hydrogen-bond acceptors (Lipinski definition) is 5. The minimum Gasteiger partial charge on any atom is -0.351 e. The molecule has 1 aromatic heterocycles. The van der Waals surface area contributed by atoms with E-state index in [-0.39, 0.29) is 10.1 Å². The maximum Gasteiger partial charge on any atom is 0.273 e. The fraction of sp³-hybridized carbons (Fsp3) is 0.190. The van der Waals surface area contributed by atoms with Crippen LogP contribution in [0.15, 0.2) is 70.3 Å². The van der Waals surface area contributed by atoms with Gasteiger partial charge in [0.2, 0.25) is 0 Å². The molecule has 158 valence electrons. The largest absolute Gasteiger partial charge is 0.351 e. The number of halogens is 1. The van der Waals surface area contributed by atoms with Gasteiger partial charge in [0.05, 0.1) is 5.69 Å². The predicted octanol–water partition coefficient (Wildman–Crippen LogP) is 4.89. The average molecular weight is 481 g/mol. The van der Waals surface area contributed by atoms with Crippen LogP contribution in [0.5, 0.6) is 0 Å². The number of anilines is 1. The Kier molecular flexibility index (Phi) is 7.82. The quantitative estimate of drug-likeness (QED) is 0.443. The average Bonchev–Trinajstić information content (AvgIpc) is 3.29. The number of nitrogens with zero attached hydrogens (tertiary/aromatic N) is 1. The van der Waals surface area contributed by atoms with Crippen LogP contribution in [0.2, 0.25) is 5.02 Å². The van der Waals surface area contributed by atoms with Crippen molar-refractivity contribution in [2.75, 3.05) is 23.7 Å². The van der Waals surface area contributed by atoms with Crippen molar-refractivity contribution in [1.82, 2.24) is 5.32 Å². The third-order valence-electron chi connectivity index (χ3n) is 4.29. The molecule has 1 amide bonds. The van der Waals surface area contributed by atoms with Crippen molar-refractivity contribution in [2.45, 2.75) is 9.96 Å². The van der Waals surface area contributed by atoms with E-state index in [9.17, 15) is 13.2 Å². The maximum atomic E-state index is 12.6.